The van der Waals surface area contributed by atoms with Gasteiger partial charge in [-0.1, -0.05) is 35.5 Å². The molecule has 0 aromatic rings. The fourth-order valence-electron chi connectivity index (χ4n) is 3.58. The van der Waals surface area contributed by atoms with Gasteiger partial charge in [-0.25, -0.2) is 4.79 Å². The largest absolute Gasteiger partial charge is 0.465 e. The molecule has 2 saturated heterocycles. The summed E-state index contributed by atoms with van der Waals surface area (Å²) in [6, 6.07) is 0. The molecule has 2 rings (SSSR count). The lowest BCUT2D eigenvalue weighted by Gasteiger charge is -2.22. The predicted octanol–water partition coefficient (Wildman–Crippen LogP) is 0.381. The molecule has 3 atom stereocenters. The summed E-state index contributed by atoms with van der Waals surface area (Å²) < 4.78 is 9.97. The minimum Gasteiger partial charge on any atom is -0.465 e. The van der Waals surface area contributed by atoms with Crippen molar-refractivity contribution in [1.29, 1.82) is 0 Å². The van der Waals surface area contributed by atoms with Gasteiger partial charge >= 0.3 is 5.97 Å². The summed E-state index contributed by atoms with van der Waals surface area (Å²) in [5.41, 5.74) is -1.44. The molecule has 174 valence electrons. The van der Waals surface area contributed by atoms with Crippen molar-refractivity contribution in [2.45, 2.75) is 44.6 Å². The van der Waals surface area contributed by atoms with Crippen molar-refractivity contribution in [2.24, 2.45) is 0 Å². The van der Waals surface area contributed by atoms with Crippen molar-refractivity contribution in [3.8, 4) is 0 Å². The number of rotatable bonds is 10. The van der Waals surface area contributed by atoms with Gasteiger partial charge in [0.05, 0.1) is 19.3 Å². The average molecular weight is 447 g/mol. The number of allylic oxidation sites excluding steroid dienone is 6. The van der Waals surface area contributed by atoms with Crippen LogP contribution in [0.25, 0.3) is 0 Å². The quantitative estimate of drug-likeness (QED) is 0.124. The van der Waals surface area contributed by atoms with E-state index < -0.39 is 35.1 Å². The van der Waals surface area contributed by atoms with Gasteiger partial charge in [0.2, 0.25) is 11.4 Å². The van der Waals surface area contributed by atoms with E-state index in [1.807, 2.05) is 6.92 Å². The van der Waals surface area contributed by atoms with Crippen molar-refractivity contribution in [3.05, 3.63) is 58.7 Å². The fraction of sp³-hybridized carbons (Fsp3) is 0.435. The first kappa shape index (κ1) is 25.4. The van der Waals surface area contributed by atoms with Crippen LogP contribution in [-0.2, 0) is 23.9 Å². The molecule has 9 heteroatoms. The number of Topliss-reactive ketones (excluding diaryl/α,β-unsaturated/α-hetero) is 1. The minimum atomic E-state index is -1.76. The van der Waals surface area contributed by atoms with Crippen molar-refractivity contribution < 1.29 is 39.2 Å². The van der Waals surface area contributed by atoms with E-state index in [1.165, 1.54) is 19.3 Å². The second kappa shape index (κ2) is 10.2. The molecule has 0 aromatic heterocycles. The number of nitrogens with one attached hydrogen (secondary N) is 1. The number of epoxide rings is 1. The highest BCUT2D eigenvalue weighted by Crippen LogP contribution is 2.50. The summed E-state index contributed by atoms with van der Waals surface area (Å²) in [6.07, 6.45) is 8.48. The average Bonchev–Trinajstić information content (AvgIpc) is 3.46. The third-order valence-electron chi connectivity index (χ3n) is 5.18. The number of hydrogen-bond acceptors (Lipinski definition) is 8. The molecule has 1 amide bonds. The SMILES string of the molecule is COC(=O)C(=C\CO)/C=C(C)/C=C(C)/C=C/C=C(\C)C(=O)[C@@]12O[C@@H]1[C@](O)(CCO)NC2=O. The maximum absolute atomic E-state index is 12.8. The van der Waals surface area contributed by atoms with Crippen LogP contribution in [0.3, 0.4) is 0 Å². The summed E-state index contributed by atoms with van der Waals surface area (Å²) >= 11 is 0. The van der Waals surface area contributed by atoms with Crippen LogP contribution in [0.2, 0.25) is 0 Å². The standard InChI is InChI=1S/C23H29NO8/c1-14(12-15(2)13-17(8-10-25)19(28)31-4)6-5-7-16(3)18(27)23-20(32-23)22(30,9-11-26)24-21(23)29/h5-8,12-13,20,25-26,30H,9-11H2,1-4H3,(H,24,29)/b6-5+,14-12+,15-13+,16-7+,17-8-/t20-,22-,23-/m1/s1. The number of aliphatic hydroxyl groups excluding tert-OH is 2. The highest BCUT2D eigenvalue weighted by Gasteiger charge is 2.80. The number of fused-ring (bicyclic) bond motifs is 1. The molecule has 2 fully saturated rings. The van der Waals surface area contributed by atoms with Crippen LogP contribution in [0.15, 0.2) is 58.7 Å². The van der Waals surface area contributed by atoms with Gasteiger partial charge in [0.1, 0.15) is 0 Å². The van der Waals surface area contributed by atoms with Gasteiger partial charge in [0.15, 0.2) is 11.8 Å². The van der Waals surface area contributed by atoms with Crippen LogP contribution in [-0.4, -0.2) is 70.7 Å². The zero-order chi connectivity index (χ0) is 24.1. The third-order valence-corrected chi connectivity index (χ3v) is 5.18. The number of morpholine rings is 1. The molecule has 0 saturated carbocycles. The van der Waals surface area contributed by atoms with Crippen LogP contribution in [0, 0.1) is 0 Å². The van der Waals surface area contributed by atoms with E-state index in [4.69, 9.17) is 14.9 Å². The Bertz CT molecular complexity index is 942. The molecule has 0 radical (unpaired) electrons. The maximum Gasteiger partial charge on any atom is 0.337 e. The Morgan fingerprint density at radius 2 is 1.88 bits per heavy atom. The third kappa shape index (κ3) is 5.13. The molecule has 2 aliphatic heterocycles. The number of hydrogen-bond donors (Lipinski definition) is 4. The number of ketones is 1. The highest BCUT2D eigenvalue weighted by atomic mass is 16.6. The molecule has 0 aromatic carbocycles. The summed E-state index contributed by atoms with van der Waals surface area (Å²) in [4.78, 5) is 36.7. The lowest BCUT2D eigenvalue weighted by molar-refractivity contribution is -0.138. The van der Waals surface area contributed by atoms with Gasteiger partial charge in [0.25, 0.3) is 5.91 Å². The lowest BCUT2D eigenvalue weighted by atomic mass is 9.92. The van der Waals surface area contributed by atoms with Gasteiger partial charge in [-0.2, -0.15) is 0 Å². The molecule has 0 bridgehead atoms. The summed E-state index contributed by atoms with van der Waals surface area (Å²) in [5, 5.41) is 30.8. The normalized spacial score (nSPS) is 28.6. The van der Waals surface area contributed by atoms with Gasteiger partial charge in [-0.3, -0.25) is 9.59 Å². The Balaban J connectivity index is 2.09. The first-order valence-electron chi connectivity index (χ1n) is 10.0. The van der Waals surface area contributed by atoms with Crippen molar-refractivity contribution in [2.75, 3.05) is 20.3 Å². The van der Waals surface area contributed by atoms with E-state index in [2.05, 4.69) is 10.1 Å². The number of aliphatic hydroxyl groups is 3. The molecule has 2 heterocycles. The Kier molecular flexibility index (Phi) is 8.08. The highest BCUT2D eigenvalue weighted by molar-refractivity contribution is 6.21. The van der Waals surface area contributed by atoms with E-state index in [1.54, 1.807) is 38.2 Å². The second-order valence-electron chi connectivity index (χ2n) is 7.73. The van der Waals surface area contributed by atoms with E-state index >= 15 is 0 Å². The van der Waals surface area contributed by atoms with Gasteiger partial charge in [-0.05, 0) is 38.5 Å². The van der Waals surface area contributed by atoms with Crippen LogP contribution >= 0.6 is 0 Å². The molecular formula is C23H29NO8. The van der Waals surface area contributed by atoms with E-state index in [0.717, 1.165) is 11.1 Å². The van der Waals surface area contributed by atoms with Gasteiger partial charge < -0.3 is 30.1 Å². The Hall–Kier alpha value is -2.85. The maximum atomic E-state index is 12.8. The van der Waals surface area contributed by atoms with E-state index in [9.17, 15) is 19.5 Å². The first-order valence-corrected chi connectivity index (χ1v) is 10.0. The van der Waals surface area contributed by atoms with Crippen LogP contribution in [0.5, 0.6) is 0 Å². The predicted molar refractivity (Wildman–Crippen MR) is 115 cm³/mol. The smallest absolute Gasteiger partial charge is 0.337 e. The summed E-state index contributed by atoms with van der Waals surface area (Å²) in [7, 11) is 1.26. The number of esters is 1. The lowest BCUT2D eigenvalue weighted by Crippen LogP contribution is -2.48. The molecule has 0 unspecified atom stereocenters. The van der Waals surface area contributed by atoms with E-state index in [-0.39, 0.29) is 30.8 Å². The van der Waals surface area contributed by atoms with Gasteiger partial charge in [0, 0.05) is 13.0 Å². The van der Waals surface area contributed by atoms with Crippen molar-refractivity contribution in [1.82, 2.24) is 5.32 Å². The monoisotopic (exact) mass is 447 g/mol. The Morgan fingerprint density at radius 1 is 1.19 bits per heavy atom. The number of methoxy groups -OCH3 is 1. The van der Waals surface area contributed by atoms with Crippen molar-refractivity contribution >= 4 is 17.7 Å². The Labute approximate surface area is 186 Å². The van der Waals surface area contributed by atoms with E-state index in [0.29, 0.717) is 0 Å². The molecule has 9 nitrogen and oxygen atoms in total. The number of carbonyl (C=O) groups excluding carboxylic acids is 3. The number of amides is 1. The number of ether oxygens (including phenoxy) is 2. The van der Waals surface area contributed by atoms with Crippen LogP contribution in [0.1, 0.15) is 27.2 Å². The molecule has 0 spiro atoms. The molecule has 4 N–H and O–H groups in total. The summed E-state index contributed by atoms with van der Waals surface area (Å²) in [6.45, 7) is 4.49. The zero-order valence-corrected chi connectivity index (χ0v) is 18.5. The van der Waals surface area contributed by atoms with Crippen molar-refractivity contribution in [3.63, 3.8) is 0 Å². The van der Waals surface area contributed by atoms with Crippen LogP contribution < -0.4 is 5.32 Å². The molecule has 32 heavy (non-hydrogen) atoms. The zero-order valence-electron chi connectivity index (χ0n) is 18.5. The van der Waals surface area contributed by atoms with Gasteiger partial charge in [-0.15, -0.1) is 0 Å². The molecular weight excluding hydrogens is 418 g/mol. The van der Waals surface area contributed by atoms with Crippen LogP contribution in [0.4, 0.5) is 0 Å². The summed E-state index contributed by atoms with van der Waals surface area (Å²) in [5.74, 6) is -1.82. The first-order chi connectivity index (χ1) is 15.0. The Morgan fingerprint density at radius 3 is 2.44 bits per heavy atom. The topological polar surface area (TPSA) is 146 Å². The second-order valence-corrected chi connectivity index (χ2v) is 7.73. The molecule has 0 aliphatic carbocycles. The number of carbonyl (C=O) groups is 3. The minimum absolute atomic E-state index is 0.136. The molecule has 2 aliphatic rings. The fourth-order valence-corrected chi connectivity index (χ4v) is 3.58.